The van der Waals surface area contributed by atoms with Gasteiger partial charge in [-0.1, -0.05) is 0 Å². The third-order valence-electron chi connectivity index (χ3n) is 6.33. The third kappa shape index (κ3) is 2.65. The summed E-state index contributed by atoms with van der Waals surface area (Å²) in [6.45, 7) is 8.35. The van der Waals surface area contributed by atoms with Crippen LogP contribution in [0.3, 0.4) is 0 Å². The Hall–Kier alpha value is -0.120. The van der Waals surface area contributed by atoms with Gasteiger partial charge in [0.05, 0.1) is 0 Å². The molecule has 2 aliphatic heterocycles. The molecular weight excluding hydrogens is 248 g/mol. The molecule has 0 radical (unpaired) electrons. The highest BCUT2D eigenvalue weighted by Crippen LogP contribution is 2.46. The van der Waals surface area contributed by atoms with Gasteiger partial charge in [-0.05, 0) is 63.2 Å². The van der Waals surface area contributed by atoms with E-state index in [-0.39, 0.29) is 0 Å². The summed E-state index contributed by atoms with van der Waals surface area (Å²) in [6.07, 6.45) is 8.39. The highest BCUT2D eigenvalue weighted by Gasteiger charge is 2.50. The van der Waals surface area contributed by atoms with Crippen molar-refractivity contribution >= 4 is 0 Å². The normalized spacial score (nSPS) is 41.0. The summed E-state index contributed by atoms with van der Waals surface area (Å²) in [5, 5.41) is 3.89. The highest BCUT2D eigenvalue weighted by molar-refractivity contribution is 5.07. The summed E-state index contributed by atoms with van der Waals surface area (Å²) in [5.41, 5.74) is 0.434. The summed E-state index contributed by atoms with van der Waals surface area (Å²) in [7, 11) is 0. The Morgan fingerprint density at radius 2 is 1.85 bits per heavy atom. The molecule has 1 N–H and O–H groups in total. The van der Waals surface area contributed by atoms with Gasteiger partial charge < -0.3 is 10.1 Å². The summed E-state index contributed by atoms with van der Waals surface area (Å²) in [4.78, 5) is 2.89. The maximum Gasteiger partial charge on any atom is 0.0469 e. The Bertz CT molecular complexity index is 347. The molecule has 2 aliphatic carbocycles. The number of hydrogen-bond donors (Lipinski definition) is 1. The minimum absolute atomic E-state index is 0.434. The molecule has 4 rings (SSSR count). The quantitative estimate of drug-likeness (QED) is 0.854. The van der Waals surface area contributed by atoms with Gasteiger partial charge in [0.15, 0.2) is 0 Å². The van der Waals surface area contributed by atoms with E-state index in [0.717, 1.165) is 37.0 Å². The van der Waals surface area contributed by atoms with Gasteiger partial charge in [0.1, 0.15) is 0 Å². The molecule has 2 saturated carbocycles. The largest absolute Gasteiger partial charge is 0.381 e. The number of rotatable bonds is 4. The van der Waals surface area contributed by atoms with E-state index in [1.807, 2.05) is 0 Å². The van der Waals surface area contributed by atoms with E-state index >= 15 is 0 Å². The monoisotopic (exact) mass is 278 g/mol. The second-order valence-corrected chi connectivity index (χ2v) is 7.92. The van der Waals surface area contributed by atoms with Crippen molar-refractivity contribution in [3.8, 4) is 0 Å². The van der Waals surface area contributed by atoms with Gasteiger partial charge in [0.25, 0.3) is 0 Å². The lowest BCUT2D eigenvalue weighted by Gasteiger charge is -2.50. The fourth-order valence-corrected chi connectivity index (χ4v) is 4.41. The van der Waals surface area contributed by atoms with Crippen molar-refractivity contribution in [2.24, 2.45) is 17.8 Å². The van der Waals surface area contributed by atoms with Crippen molar-refractivity contribution in [2.45, 2.75) is 57.0 Å². The summed E-state index contributed by atoms with van der Waals surface area (Å²) < 4.78 is 5.54. The Balaban J connectivity index is 1.44. The van der Waals surface area contributed by atoms with Crippen LogP contribution in [0.2, 0.25) is 0 Å². The zero-order valence-corrected chi connectivity index (χ0v) is 12.9. The van der Waals surface area contributed by atoms with Crippen LogP contribution in [0.25, 0.3) is 0 Å². The minimum atomic E-state index is 0.434. The molecule has 3 nitrogen and oxygen atoms in total. The van der Waals surface area contributed by atoms with Gasteiger partial charge in [-0.3, -0.25) is 4.90 Å². The van der Waals surface area contributed by atoms with Crippen molar-refractivity contribution in [1.82, 2.24) is 10.2 Å². The van der Waals surface area contributed by atoms with Crippen LogP contribution in [0.4, 0.5) is 0 Å². The average molecular weight is 278 g/mol. The average Bonchev–Trinajstić information content (AvgIpc) is 3.33. The molecule has 0 aromatic carbocycles. The lowest BCUT2D eigenvalue weighted by atomic mass is 9.86. The number of nitrogens with zero attached hydrogens (tertiary/aromatic N) is 1. The first-order valence-corrected chi connectivity index (χ1v) is 8.82. The molecule has 0 aromatic rings. The van der Waals surface area contributed by atoms with Gasteiger partial charge in [0, 0.05) is 44.4 Å². The van der Waals surface area contributed by atoms with Gasteiger partial charge in [0.2, 0.25) is 0 Å². The smallest absolute Gasteiger partial charge is 0.0469 e. The lowest BCUT2D eigenvalue weighted by Crippen LogP contribution is -2.65. The van der Waals surface area contributed by atoms with E-state index in [9.17, 15) is 0 Å². The number of ether oxygens (including phenoxy) is 1. The summed E-state index contributed by atoms with van der Waals surface area (Å²) in [5.74, 6) is 2.81. The van der Waals surface area contributed by atoms with Crippen molar-refractivity contribution in [3.05, 3.63) is 0 Å². The molecule has 20 heavy (non-hydrogen) atoms. The molecule has 3 heteroatoms. The zero-order valence-electron chi connectivity index (χ0n) is 12.9. The van der Waals surface area contributed by atoms with Crippen LogP contribution in [0.1, 0.15) is 45.4 Å². The van der Waals surface area contributed by atoms with Crippen LogP contribution < -0.4 is 5.32 Å². The SMILES string of the molecule is CC1(C2CC2)CNC(C2CC2)CN1CC1CCOCC1. The van der Waals surface area contributed by atoms with Gasteiger partial charge in [-0.2, -0.15) is 0 Å². The summed E-state index contributed by atoms with van der Waals surface area (Å²) in [6, 6.07) is 0.779. The molecule has 0 aromatic heterocycles. The van der Waals surface area contributed by atoms with Crippen LogP contribution in [-0.2, 0) is 4.74 Å². The molecule has 0 bridgehead atoms. The zero-order chi connectivity index (χ0) is 13.6. The molecule has 4 fully saturated rings. The van der Waals surface area contributed by atoms with Crippen LogP contribution in [0.5, 0.6) is 0 Å². The van der Waals surface area contributed by atoms with E-state index in [1.165, 1.54) is 58.2 Å². The molecule has 114 valence electrons. The van der Waals surface area contributed by atoms with Crippen molar-refractivity contribution in [3.63, 3.8) is 0 Å². The molecule has 2 atom stereocenters. The standard InChI is InChI=1S/C17H30N2O/c1-17(15-4-5-15)12-18-16(14-2-3-14)11-19(17)10-13-6-8-20-9-7-13/h13-16,18H,2-12H2,1H3. The first-order chi connectivity index (χ1) is 9.75. The Kier molecular flexibility index (Phi) is 3.56. The van der Waals surface area contributed by atoms with E-state index < -0.39 is 0 Å². The second-order valence-electron chi connectivity index (χ2n) is 7.92. The lowest BCUT2D eigenvalue weighted by molar-refractivity contribution is -0.00690. The van der Waals surface area contributed by atoms with E-state index in [0.29, 0.717) is 5.54 Å². The Morgan fingerprint density at radius 3 is 2.50 bits per heavy atom. The van der Waals surface area contributed by atoms with Crippen molar-refractivity contribution < 1.29 is 4.74 Å². The van der Waals surface area contributed by atoms with Gasteiger partial charge in [-0.25, -0.2) is 0 Å². The van der Waals surface area contributed by atoms with E-state index in [1.54, 1.807) is 0 Å². The van der Waals surface area contributed by atoms with Gasteiger partial charge >= 0.3 is 0 Å². The Labute approximate surface area is 123 Å². The van der Waals surface area contributed by atoms with Crippen LogP contribution >= 0.6 is 0 Å². The third-order valence-corrected chi connectivity index (χ3v) is 6.33. The number of nitrogens with one attached hydrogen (secondary N) is 1. The predicted molar refractivity (Wildman–Crippen MR) is 80.8 cm³/mol. The number of hydrogen-bond acceptors (Lipinski definition) is 3. The predicted octanol–water partition coefficient (Wildman–Crippen LogP) is 2.27. The first kappa shape index (κ1) is 13.5. The molecule has 2 heterocycles. The summed E-state index contributed by atoms with van der Waals surface area (Å²) >= 11 is 0. The molecular formula is C17H30N2O. The maximum absolute atomic E-state index is 5.54. The molecule has 0 spiro atoms. The minimum Gasteiger partial charge on any atom is -0.381 e. The molecule has 2 saturated heterocycles. The highest BCUT2D eigenvalue weighted by atomic mass is 16.5. The Morgan fingerprint density at radius 1 is 1.10 bits per heavy atom. The van der Waals surface area contributed by atoms with Crippen molar-refractivity contribution in [2.75, 3.05) is 32.8 Å². The fraction of sp³-hybridized carbons (Fsp3) is 1.00. The van der Waals surface area contributed by atoms with E-state index in [2.05, 4.69) is 17.1 Å². The fourth-order valence-electron chi connectivity index (χ4n) is 4.41. The van der Waals surface area contributed by atoms with Crippen LogP contribution in [0.15, 0.2) is 0 Å². The van der Waals surface area contributed by atoms with Crippen LogP contribution in [0, 0.1) is 17.8 Å². The molecule has 2 unspecified atom stereocenters. The molecule has 4 aliphatic rings. The first-order valence-electron chi connectivity index (χ1n) is 8.82. The topological polar surface area (TPSA) is 24.5 Å². The van der Waals surface area contributed by atoms with E-state index in [4.69, 9.17) is 4.74 Å². The number of piperazine rings is 1. The van der Waals surface area contributed by atoms with Gasteiger partial charge in [-0.15, -0.1) is 0 Å². The van der Waals surface area contributed by atoms with Crippen molar-refractivity contribution in [1.29, 1.82) is 0 Å². The maximum atomic E-state index is 5.54. The molecule has 0 amide bonds. The van der Waals surface area contributed by atoms with Crippen LogP contribution in [-0.4, -0.2) is 49.3 Å². The second kappa shape index (κ2) is 5.26.